The van der Waals surface area contributed by atoms with E-state index in [-0.39, 0.29) is 5.91 Å². The van der Waals surface area contributed by atoms with E-state index in [2.05, 4.69) is 29.3 Å². The lowest BCUT2D eigenvalue weighted by Crippen LogP contribution is -2.36. The molecule has 0 unspecified atom stereocenters. The maximum Gasteiger partial charge on any atom is 0.233 e. The predicted octanol–water partition coefficient (Wildman–Crippen LogP) is 1.85. The number of nitrogens with one attached hydrogen (secondary N) is 1. The number of likely N-dealkylation sites (N-methyl/N-ethyl adjacent to an activating group) is 2. The van der Waals surface area contributed by atoms with Crippen LogP contribution in [0.4, 0.5) is 0 Å². The van der Waals surface area contributed by atoms with Crippen molar-refractivity contribution in [2.45, 2.75) is 11.8 Å². The maximum atomic E-state index is 11.3. The zero-order valence-corrected chi connectivity index (χ0v) is 11.3. The van der Waals surface area contributed by atoms with Crippen molar-refractivity contribution in [2.75, 3.05) is 32.4 Å². The quantitative estimate of drug-likeness (QED) is 0.752. The van der Waals surface area contributed by atoms with Gasteiger partial charge in [-0.05, 0) is 18.7 Å². The van der Waals surface area contributed by atoms with E-state index in [4.69, 9.17) is 0 Å². The lowest BCUT2D eigenvalue weighted by molar-refractivity contribution is -0.121. The number of benzene rings is 1. The van der Waals surface area contributed by atoms with E-state index in [1.54, 1.807) is 7.05 Å². The molecule has 0 aliphatic carbocycles. The monoisotopic (exact) mass is 252 g/mol. The molecule has 0 aliphatic heterocycles. The Hall–Kier alpha value is -1.00. The minimum atomic E-state index is 0.0801. The summed E-state index contributed by atoms with van der Waals surface area (Å²) in [7, 11) is 1.68. The third kappa shape index (κ3) is 5.75. The summed E-state index contributed by atoms with van der Waals surface area (Å²) < 4.78 is 0. The first-order valence-corrected chi connectivity index (χ1v) is 6.85. The largest absolute Gasteiger partial charge is 0.358 e. The number of carbonyl (C=O) groups is 1. The summed E-state index contributed by atoms with van der Waals surface area (Å²) in [5.41, 5.74) is 0. The SMILES string of the molecule is CCN(CCSc1ccccc1)CC(=O)NC. The fourth-order valence-corrected chi connectivity index (χ4v) is 2.38. The highest BCUT2D eigenvalue weighted by Crippen LogP contribution is 2.16. The van der Waals surface area contributed by atoms with Crippen molar-refractivity contribution in [1.82, 2.24) is 10.2 Å². The van der Waals surface area contributed by atoms with Gasteiger partial charge in [0.05, 0.1) is 6.54 Å². The summed E-state index contributed by atoms with van der Waals surface area (Å²) >= 11 is 1.83. The van der Waals surface area contributed by atoms with Gasteiger partial charge in [-0.1, -0.05) is 25.1 Å². The fourth-order valence-electron chi connectivity index (χ4n) is 1.44. The number of hydrogen-bond donors (Lipinski definition) is 1. The molecule has 3 nitrogen and oxygen atoms in total. The minimum absolute atomic E-state index is 0.0801. The minimum Gasteiger partial charge on any atom is -0.358 e. The molecule has 0 fully saturated rings. The van der Waals surface area contributed by atoms with Crippen molar-refractivity contribution in [3.8, 4) is 0 Å². The van der Waals surface area contributed by atoms with Crippen molar-refractivity contribution in [3.05, 3.63) is 30.3 Å². The van der Waals surface area contributed by atoms with Crippen molar-refractivity contribution in [2.24, 2.45) is 0 Å². The zero-order chi connectivity index (χ0) is 12.5. The summed E-state index contributed by atoms with van der Waals surface area (Å²) in [5, 5.41) is 2.65. The van der Waals surface area contributed by atoms with E-state index in [1.165, 1.54) is 4.90 Å². The van der Waals surface area contributed by atoms with Gasteiger partial charge in [0.2, 0.25) is 5.91 Å². The maximum absolute atomic E-state index is 11.3. The molecule has 1 rings (SSSR count). The lowest BCUT2D eigenvalue weighted by atomic mass is 10.4. The molecule has 4 heteroatoms. The van der Waals surface area contributed by atoms with Gasteiger partial charge < -0.3 is 5.32 Å². The average molecular weight is 252 g/mol. The molecule has 1 aromatic carbocycles. The molecule has 0 spiro atoms. The number of nitrogens with zero attached hydrogens (tertiary/aromatic N) is 1. The molecule has 1 aromatic rings. The molecular formula is C13H20N2OS. The van der Waals surface area contributed by atoms with Crippen LogP contribution in [0.25, 0.3) is 0 Å². The Balaban J connectivity index is 2.26. The first-order chi connectivity index (χ1) is 8.26. The third-order valence-corrected chi connectivity index (χ3v) is 3.50. The predicted molar refractivity (Wildman–Crippen MR) is 73.3 cm³/mol. The van der Waals surface area contributed by atoms with Gasteiger partial charge in [0, 0.05) is 24.2 Å². The molecular weight excluding hydrogens is 232 g/mol. The number of hydrogen-bond acceptors (Lipinski definition) is 3. The number of rotatable bonds is 7. The smallest absolute Gasteiger partial charge is 0.233 e. The zero-order valence-electron chi connectivity index (χ0n) is 10.5. The molecule has 1 N–H and O–H groups in total. The van der Waals surface area contributed by atoms with Crippen LogP contribution >= 0.6 is 11.8 Å². The van der Waals surface area contributed by atoms with Crippen molar-refractivity contribution >= 4 is 17.7 Å². The number of thioether (sulfide) groups is 1. The molecule has 1 amide bonds. The Labute approximate surface area is 108 Å². The van der Waals surface area contributed by atoms with E-state index in [0.29, 0.717) is 6.54 Å². The molecule has 94 valence electrons. The molecule has 0 bridgehead atoms. The van der Waals surface area contributed by atoms with Crippen LogP contribution in [0.1, 0.15) is 6.92 Å². The summed E-state index contributed by atoms with van der Waals surface area (Å²) in [4.78, 5) is 14.7. The molecule has 0 heterocycles. The van der Waals surface area contributed by atoms with Gasteiger partial charge >= 0.3 is 0 Å². The van der Waals surface area contributed by atoms with Crippen LogP contribution in [0.15, 0.2) is 35.2 Å². The highest BCUT2D eigenvalue weighted by atomic mass is 32.2. The van der Waals surface area contributed by atoms with Gasteiger partial charge in [-0.25, -0.2) is 0 Å². The van der Waals surface area contributed by atoms with Gasteiger partial charge in [0.15, 0.2) is 0 Å². The highest BCUT2D eigenvalue weighted by Gasteiger charge is 2.06. The molecule has 0 aliphatic rings. The third-order valence-electron chi connectivity index (χ3n) is 2.51. The van der Waals surface area contributed by atoms with Crippen LogP contribution < -0.4 is 5.32 Å². The van der Waals surface area contributed by atoms with Gasteiger partial charge in [0.1, 0.15) is 0 Å². The van der Waals surface area contributed by atoms with Crippen molar-refractivity contribution < 1.29 is 4.79 Å². The second-order valence-electron chi connectivity index (χ2n) is 3.70. The fraction of sp³-hybridized carbons (Fsp3) is 0.462. The number of carbonyl (C=O) groups excluding carboxylic acids is 1. The molecule has 0 atom stereocenters. The number of amides is 1. The van der Waals surface area contributed by atoms with Crippen molar-refractivity contribution in [3.63, 3.8) is 0 Å². The Bertz CT molecular complexity index is 329. The van der Waals surface area contributed by atoms with Gasteiger partial charge in [-0.2, -0.15) is 0 Å². The molecule has 0 aromatic heterocycles. The van der Waals surface area contributed by atoms with Crippen LogP contribution in [0.2, 0.25) is 0 Å². The summed E-state index contributed by atoms with van der Waals surface area (Å²) in [6.07, 6.45) is 0. The molecule has 0 radical (unpaired) electrons. The van der Waals surface area contributed by atoms with E-state index in [1.807, 2.05) is 30.0 Å². The van der Waals surface area contributed by atoms with Crippen LogP contribution in [0.5, 0.6) is 0 Å². The average Bonchev–Trinajstić information content (AvgIpc) is 2.38. The van der Waals surface area contributed by atoms with E-state index < -0.39 is 0 Å². The highest BCUT2D eigenvalue weighted by molar-refractivity contribution is 7.99. The first-order valence-electron chi connectivity index (χ1n) is 5.87. The summed E-state index contributed by atoms with van der Waals surface area (Å²) in [6.45, 7) is 4.41. The van der Waals surface area contributed by atoms with Crippen LogP contribution in [-0.4, -0.2) is 43.2 Å². The Morgan fingerprint density at radius 3 is 2.65 bits per heavy atom. The Kier molecular flexibility index (Phi) is 6.74. The van der Waals surface area contributed by atoms with E-state index in [9.17, 15) is 4.79 Å². The van der Waals surface area contributed by atoms with E-state index in [0.717, 1.165) is 18.8 Å². The Morgan fingerprint density at radius 1 is 1.35 bits per heavy atom. The second kappa shape index (κ2) is 8.14. The van der Waals surface area contributed by atoms with Crippen molar-refractivity contribution in [1.29, 1.82) is 0 Å². The van der Waals surface area contributed by atoms with Gasteiger partial charge in [0.25, 0.3) is 0 Å². The lowest BCUT2D eigenvalue weighted by Gasteiger charge is -2.18. The van der Waals surface area contributed by atoms with Crippen LogP contribution in [0.3, 0.4) is 0 Å². The molecule has 17 heavy (non-hydrogen) atoms. The Morgan fingerprint density at radius 2 is 2.06 bits per heavy atom. The molecule has 0 saturated heterocycles. The van der Waals surface area contributed by atoms with E-state index >= 15 is 0 Å². The van der Waals surface area contributed by atoms with Crippen LogP contribution in [-0.2, 0) is 4.79 Å². The van der Waals surface area contributed by atoms with Gasteiger partial charge in [-0.15, -0.1) is 11.8 Å². The second-order valence-corrected chi connectivity index (χ2v) is 4.87. The van der Waals surface area contributed by atoms with Gasteiger partial charge in [-0.3, -0.25) is 9.69 Å². The van der Waals surface area contributed by atoms with Crippen LogP contribution in [0, 0.1) is 0 Å². The summed E-state index contributed by atoms with van der Waals surface area (Å²) in [5.74, 6) is 1.09. The first kappa shape index (κ1) is 14.1. The molecule has 0 saturated carbocycles. The standard InChI is InChI=1S/C13H20N2OS/c1-3-15(11-13(16)14-2)9-10-17-12-7-5-4-6-8-12/h4-8H,3,9-11H2,1-2H3,(H,14,16). The topological polar surface area (TPSA) is 32.3 Å². The normalized spacial score (nSPS) is 10.5. The summed E-state index contributed by atoms with van der Waals surface area (Å²) in [6, 6.07) is 10.3.